The number of nitro groups is 1. The Labute approximate surface area is 148 Å². The summed E-state index contributed by atoms with van der Waals surface area (Å²) in [6.07, 6.45) is -4.91. The highest BCUT2D eigenvalue weighted by Crippen LogP contribution is 2.36. The maximum atomic E-state index is 14.4. The lowest BCUT2D eigenvalue weighted by Crippen LogP contribution is -2.17. The van der Waals surface area contributed by atoms with Gasteiger partial charge >= 0.3 is 12.3 Å². The van der Waals surface area contributed by atoms with Crippen LogP contribution in [0.1, 0.15) is 15.9 Å². The predicted octanol–water partition coefficient (Wildman–Crippen LogP) is 3.96. The molecule has 0 unspecified atom stereocenters. The van der Waals surface area contributed by atoms with E-state index in [1.165, 1.54) is 6.92 Å². The second-order valence-corrected chi connectivity index (χ2v) is 5.26. The Kier molecular flexibility index (Phi) is 5.10. The molecule has 27 heavy (non-hydrogen) atoms. The minimum Gasteiger partial charge on any atom is -0.478 e. The number of aromatic carboxylic acids is 1. The molecule has 2 rings (SSSR count). The van der Waals surface area contributed by atoms with Crippen molar-refractivity contribution in [2.24, 2.45) is 0 Å². The summed E-state index contributed by atoms with van der Waals surface area (Å²) in [5.74, 6) is -3.58. The molecule has 2 aromatic rings. The van der Waals surface area contributed by atoms with Gasteiger partial charge in [0.1, 0.15) is 11.4 Å². The largest absolute Gasteiger partial charge is 0.573 e. The van der Waals surface area contributed by atoms with Gasteiger partial charge in [-0.2, -0.15) is 0 Å². The van der Waals surface area contributed by atoms with E-state index in [4.69, 9.17) is 5.73 Å². The third kappa shape index (κ3) is 4.34. The van der Waals surface area contributed by atoms with Crippen LogP contribution in [0.15, 0.2) is 24.3 Å². The van der Waals surface area contributed by atoms with E-state index in [0.717, 1.165) is 18.2 Å². The van der Waals surface area contributed by atoms with Gasteiger partial charge in [0.25, 0.3) is 5.69 Å². The molecule has 12 heteroatoms. The highest BCUT2D eigenvalue weighted by atomic mass is 19.4. The van der Waals surface area contributed by atoms with Crippen molar-refractivity contribution < 1.29 is 37.1 Å². The number of anilines is 3. The summed E-state index contributed by atoms with van der Waals surface area (Å²) in [5, 5.41) is 22.4. The molecule has 0 aliphatic rings. The Hall–Kier alpha value is -3.57. The minimum absolute atomic E-state index is 0.0409. The van der Waals surface area contributed by atoms with E-state index in [2.05, 4.69) is 10.1 Å². The Morgan fingerprint density at radius 3 is 2.44 bits per heavy atom. The van der Waals surface area contributed by atoms with Crippen molar-refractivity contribution in [2.75, 3.05) is 11.1 Å². The number of nitrogens with zero attached hydrogens (tertiary/aromatic N) is 1. The van der Waals surface area contributed by atoms with Gasteiger partial charge in [-0.15, -0.1) is 13.2 Å². The summed E-state index contributed by atoms with van der Waals surface area (Å²) in [6, 6.07) is 3.59. The smallest absolute Gasteiger partial charge is 0.478 e. The number of carbonyl (C=O) groups is 1. The quantitative estimate of drug-likeness (QED) is 0.306. The van der Waals surface area contributed by atoms with E-state index in [-0.39, 0.29) is 11.3 Å². The van der Waals surface area contributed by atoms with Crippen molar-refractivity contribution in [2.45, 2.75) is 13.3 Å². The van der Waals surface area contributed by atoms with Crippen molar-refractivity contribution in [1.82, 2.24) is 0 Å². The lowest BCUT2D eigenvalue weighted by molar-refractivity contribution is -0.384. The molecule has 144 valence electrons. The Morgan fingerprint density at radius 1 is 1.33 bits per heavy atom. The van der Waals surface area contributed by atoms with Crippen LogP contribution in [0.25, 0.3) is 0 Å². The number of halogens is 4. The third-order valence-corrected chi connectivity index (χ3v) is 3.40. The lowest BCUT2D eigenvalue weighted by atomic mass is 10.1. The van der Waals surface area contributed by atoms with Gasteiger partial charge in [0, 0.05) is 11.8 Å². The van der Waals surface area contributed by atoms with E-state index >= 15 is 0 Å². The number of carboxylic acid groups (broad SMARTS) is 1. The number of hydrogen-bond acceptors (Lipinski definition) is 6. The number of alkyl halides is 3. The molecule has 0 heterocycles. The second-order valence-electron chi connectivity index (χ2n) is 5.26. The number of rotatable bonds is 5. The van der Waals surface area contributed by atoms with Crippen molar-refractivity contribution in [3.8, 4) is 5.75 Å². The monoisotopic (exact) mass is 389 g/mol. The molecular formula is C15H11F4N3O5. The van der Waals surface area contributed by atoms with Crippen LogP contribution in [-0.2, 0) is 0 Å². The van der Waals surface area contributed by atoms with Gasteiger partial charge in [-0.3, -0.25) is 10.1 Å². The number of nitrogen functional groups attached to an aromatic ring is 1. The summed E-state index contributed by atoms with van der Waals surface area (Å²) >= 11 is 0. The Balaban J connectivity index is 2.50. The molecule has 0 aliphatic carbocycles. The first-order valence-electron chi connectivity index (χ1n) is 7.03. The van der Waals surface area contributed by atoms with Crippen LogP contribution < -0.4 is 15.8 Å². The van der Waals surface area contributed by atoms with E-state index in [9.17, 15) is 37.6 Å². The van der Waals surface area contributed by atoms with Gasteiger partial charge in [0.2, 0.25) is 0 Å². The minimum atomic E-state index is -4.91. The van der Waals surface area contributed by atoms with Crippen molar-refractivity contribution in [3.05, 3.63) is 51.3 Å². The highest BCUT2D eigenvalue weighted by Gasteiger charge is 2.31. The normalized spacial score (nSPS) is 11.1. The molecule has 0 fully saturated rings. The molecule has 8 nitrogen and oxygen atoms in total. The number of nitrogens with one attached hydrogen (secondary N) is 1. The lowest BCUT2D eigenvalue weighted by Gasteiger charge is -2.16. The molecule has 2 aromatic carbocycles. The Morgan fingerprint density at radius 2 is 1.96 bits per heavy atom. The van der Waals surface area contributed by atoms with E-state index < -0.39 is 51.4 Å². The molecule has 0 saturated heterocycles. The fraction of sp³-hybridized carbons (Fsp3) is 0.133. The molecule has 0 saturated carbocycles. The van der Waals surface area contributed by atoms with Crippen LogP contribution in [-0.4, -0.2) is 22.4 Å². The van der Waals surface area contributed by atoms with Gasteiger partial charge in [0.05, 0.1) is 16.2 Å². The number of nitrogens with two attached hydrogens (primary N) is 1. The molecule has 4 N–H and O–H groups in total. The van der Waals surface area contributed by atoms with E-state index in [1.807, 2.05) is 0 Å². The SMILES string of the molecule is Cc1cc(OC(F)(F)F)ccc1Nc1c(C(=O)O)cc([N+](=O)[O-])c(N)c1F. The van der Waals surface area contributed by atoms with Crippen LogP contribution in [0.3, 0.4) is 0 Å². The number of carboxylic acids is 1. The average Bonchev–Trinajstić information content (AvgIpc) is 2.52. The maximum Gasteiger partial charge on any atom is 0.573 e. The maximum absolute atomic E-state index is 14.4. The van der Waals surface area contributed by atoms with Gasteiger partial charge < -0.3 is 20.9 Å². The molecule has 0 aromatic heterocycles. The van der Waals surface area contributed by atoms with Crippen LogP contribution in [0.5, 0.6) is 5.75 Å². The summed E-state index contributed by atoms with van der Waals surface area (Å²) in [7, 11) is 0. The molecule has 0 aliphatic heterocycles. The van der Waals surface area contributed by atoms with Crippen LogP contribution in [0, 0.1) is 22.9 Å². The van der Waals surface area contributed by atoms with Gasteiger partial charge in [-0.25, -0.2) is 9.18 Å². The average molecular weight is 389 g/mol. The van der Waals surface area contributed by atoms with E-state index in [1.54, 1.807) is 0 Å². The summed E-state index contributed by atoms with van der Waals surface area (Å²) < 4.78 is 54.9. The van der Waals surface area contributed by atoms with Crippen molar-refractivity contribution >= 4 is 28.7 Å². The van der Waals surface area contributed by atoms with E-state index in [0.29, 0.717) is 6.07 Å². The molecule has 0 atom stereocenters. The van der Waals surface area contributed by atoms with Gasteiger partial charge in [-0.05, 0) is 30.7 Å². The summed E-state index contributed by atoms with van der Waals surface area (Å²) in [4.78, 5) is 21.2. The first-order valence-corrected chi connectivity index (χ1v) is 7.03. The summed E-state index contributed by atoms with van der Waals surface area (Å²) in [5.41, 5.74) is 2.28. The number of hydrogen-bond donors (Lipinski definition) is 3. The van der Waals surface area contributed by atoms with Gasteiger partial charge in [0.15, 0.2) is 5.82 Å². The second kappa shape index (κ2) is 6.97. The molecule has 0 spiro atoms. The highest BCUT2D eigenvalue weighted by molar-refractivity contribution is 5.98. The zero-order valence-corrected chi connectivity index (χ0v) is 13.4. The number of aryl methyl sites for hydroxylation is 1. The topological polar surface area (TPSA) is 128 Å². The number of nitro benzene ring substituents is 1. The first-order chi connectivity index (χ1) is 12.4. The fourth-order valence-electron chi connectivity index (χ4n) is 2.20. The molecular weight excluding hydrogens is 378 g/mol. The summed E-state index contributed by atoms with van der Waals surface area (Å²) in [6.45, 7) is 1.36. The van der Waals surface area contributed by atoms with Crippen molar-refractivity contribution in [3.63, 3.8) is 0 Å². The van der Waals surface area contributed by atoms with Crippen molar-refractivity contribution in [1.29, 1.82) is 0 Å². The zero-order chi connectivity index (χ0) is 20.5. The number of ether oxygens (including phenoxy) is 1. The molecule has 0 amide bonds. The zero-order valence-electron chi connectivity index (χ0n) is 13.4. The molecule has 0 bridgehead atoms. The third-order valence-electron chi connectivity index (χ3n) is 3.40. The Bertz CT molecular complexity index is 931. The van der Waals surface area contributed by atoms with Crippen LogP contribution in [0.2, 0.25) is 0 Å². The van der Waals surface area contributed by atoms with Gasteiger partial charge in [-0.1, -0.05) is 0 Å². The standard InChI is InChI=1S/C15H11F4N3O5/c1-6-4-7(27-15(17,18)19)2-3-9(6)21-13-8(14(23)24)5-10(22(25)26)12(20)11(13)16/h2-5,21H,20H2,1H3,(H,23,24). The van der Waals surface area contributed by atoms with Crippen LogP contribution in [0.4, 0.5) is 40.3 Å². The predicted molar refractivity (Wildman–Crippen MR) is 85.6 cm³/mol. The van der Waals surface area contributed by atoms with Crippen LogP contribution >= 0.6 is 0 Å². The fourth-order valence-corrected chi connectivity index (χ4v) is 2.20. The number of benzene rings is 2. The molecule has 0 radical (unpaired) electrons. The first kappa shape index (κ1) is 19.8.